The molecule has 0 bridgehead atoms. The van der Waals surface area contributed by atoms with Crippen LogP contribution in [0.4, 0.5) is 30.4 Å². The molecule has 27 heavy (non-hydrogen) atoms. The number of halogens is 3. The Morgan fingerprint density at radius 1 is 1.15 bits per heavy atom. The summed E-state index contributed by atoms with van der Waals surface area (Å²) in [5, 5.41) is 3.51. The number of rotatable bonds is 3. The summed E-state index contributed by atoms with van der Waals surface area (Å²) in [6.07, 6.45) is -3.24. The molecular formula is C17H17F3N6O. The predicted molar refractivity (Wildman–Crippen MR) is 97.1 cm³/mol. The molecule has 3 rings (SSSR count). The lowest BCUT2D eigenvalue weighted by Gasteiger charge is -2.19. The molecule has 7 nitrogen and oxygen atoms in total. The summed E-state index contributed by atoms with van der Waals surface area (Å²) in [4.78, 5) is 20.1. The highest BCUT2D eigenvalue weighted by molar-refractivity contribution is 5.88. The fourth-order valence-electron chi connectivity index (χ4n) is 2.79. The molecule has 2 aromatic heterocycles. The topological polar surface area (TPSA) is 112 Å². The molecule has 0 aliphatic heterocycles. The van der Waals surface area contributed by atoms with Crippen LogP contribution in [0.15, 0.2) is 35.4 Å². The van der Waals surface area contributed by atoms with Gasteiger partial charge in [-0.3, -0.25) is 9.36 Å². The Bertz CT molecular complexity index is 1080. The minimum Gasteiger partial charge on any atom is -0.399 e. The summed E-state index contributed by atoms with van der Waals surface area (Å²) in [5.74, 6) is 0.339. The zero-order chi connectivity index (χ0) is 19.9. The van der Waals surface area contributed by atoms with Crippen LogP contribution in [0.5, 0.6) is 0 Å². The minimum absolute atomic E-state index is 0.00709. The standard InChI is InChI=1S/C17H17F3N6O/c1-8(9-3-10(17(18,19)20)5-11(21)4-9)25-14-12-6-13(22)16(27)26(2)15(12)24-7-23-14/h3-8H,21-22H2,1-2H3,(H,23,24,25)/t8-/m1/s1. The Balaban J connectivity index is 2.04. The van der Waals surface area contributed by atoms with Crippen LogP contribution in [0.3, 0.4) is 0 Å². The molecule has 3 aromatic rings. The van der Waals surface area contributed by atoms with Crippen LogP contribution in [-0.2, 0) is 13.2 Å². The number of alkyl halides is 3. The van der Waals surface area contributed by atoms with Crippen LogP contribution in [0, 0.1) is 0 Å². The molecule has 5 N–H and O–H groups in total. The highest BCUT2D eigenvalue weighted by Gasteiger charge is 2.31. The lowest BCUT2D eigenvalue weighted by atomic mass is 10.0. The van der Waals surface area contributed by atoms with Crippen molar-refractivity contribution in [2.24, 2.45) is 7.05 Å². The monoisotopic (exact) mass is 378 g/mol. The van der Waals surface area contributed by atoms with E-state index in [1.54, 1.807) is 6.92 Å². The molecule has 0 saturated carbocycles. The van der Waals surface area contributed by atoms with E-state index in [0.717, 1.165) is 12.1 Å². The van der Waals surface area contributed by atoms with Crippen molar-refractivity contribution >= 4 is 28.2 Å². The van der Waals surface area contributed by atoms with Crippen molar-refractivity contribution < 1.29 is 13.2 Å². The molecule has 0 saturated heterocycles. The first kappa shape index (κ1) is 18.5. The molecule has 0 aliphatic carbocycles. The van der Waals surface area contributed by atoms with Crippen LogP contribution in [0.1, 0.15) is 24.1 Å². The molecule has 0 amide bonds. The van der Waals surface area contributed by atoms with Crippen molar-refractivity contribution in [3.8, 4) is 0 Å². The first-order valence-electron chi connectivity index (χ1n) is 7.92. The number of nitrogen functional groups attached to an aromatic ring is 2. The number of aromatic nitrogens is 3. The third kappa shape index (κ3) is 3.50. The van der Waals surface area contributed by atoms with Crippen LogP contribution in [0.2, 0.25) is 0 Å². The Morgan fingerprint density at radius 2 is 1.85 bits per heavy atom. The third-order valence-electron chi connectivity index (χ3n) is 4.19. The van der Waals surface area contributed by atoms with Gasteiger partial charge in [0.05, 0.1) is 22.7 Å². The molecular weight excluding hydrogens is 361 g/mol. The van der Waals surface area contributed by atoms with E-state index >= 15 is 0 Å². The van der Waals surface area contributed by atoms with Crippen molar-refractivity contribution in [3.63, 3.8) is 0 Å². The molecule has 0 fully saturated rings. The quantitative estimate of drug-likeness (QED) is 0.604. The summed E-state index contributed by atoms with van der Waals surface area (Å²) in [6.45, 7) is 1.67. The maximum Gasteiger partial charge on any atom is 0.416 e. The number of hydrogen-bond acceptors (Lipinski definition) is 6. The number of hydrogen-bond donors (Lipinski definition) is 3. The van der Waals surface area contributed by atoms with E-state index in [0.29, 0.717) is 22.4 Å². The van der Waals surface area contributed by atoms with Gasteiger partial charge in [0.2, 0.25) is 0 Å². The zero-order valence-electron chi connectivity index (χ0n) is 14.5. The molecule has 0 spiro atoms. The lowest BCUT2D eigenvalue weighted by molar-refractivity contribution is -0.137. The Hall–Kier alpha value is -3.30. The van der Waals surface area contributed by atoms with Gasteiger partial charge < -0.3 is 16.8 Å². The van der Waals surface area contributed by atoms with Gasteiger partial charge in [-0.05, 0) is 36.8 Å². The summed E-state index contributed by atoms with van der Waals surface area (Å²) in [5.41, 5.74) is 10.8. The number of nitrogens with two attached hydrogens (primary N) is 2. The second kappa shape index (κ2) is 6.45. The maximum absolute atomic E-state index is 13.0. The van der Waals surface area contributed by atoms with E-state index in [9.17, 15) is 18.0 Å². The number of benzene rings is 1. The van der Waals surface area contributed by atoms with Crippen LogP contribution in [0.25, 0.3) is 11.0 Å². The predicted octanol–water partition coefficient (Wildman–Crippen LogP) is 2.68. The Kier molecular flexibility index (Phi) is 4.42. The van der Waals surface area contributed by atoms with Gasteiger partial charge in [0, 0.05) is 12.7 Å². The average molecular weight is 378 g/mol. The number of aryl methyl sites for hydroxylation is 1. The zero-order valence-corrected chi connectivity index (χ0v) is 14.5. The molecule has 0 unspecified atom stereocenters. The van der Waals surface area contributed by atoms with Gasteiger partial charge in [-0.1, -0.05) is 0 Å². The number of anilines is 3. The second-order valence-corrected chi connectivity index (χ2v) is 6.18. The van der Waals surface area contributed by atoms with Gasteiger partial charge >= 0.3 is 6.18 Å². The van der Waals surface area contributed by atoms with E-state index in [4.69, 9.17) is 11.5 Å². The number of nitrogens with one attached hydrogen (secondary N) is 1. The Labute approximate surface area is 151 Å². The van der Waals surface area contributed by atoms with Crippen LogP contribution < -0.4 is 22.3 Å². The summed E-state index contributed by atoms with van der Waals surface area (Å²) >= 11 is 0. The van der Waals surface area contributed by atoms with Gasteiger partial charge in [0.25, 0.3) is 5.56 Å². The molecule has 0 radical (unpaired) electrons. The number of fused-ring (bicyclic) bond motifs is 1. The summed E-state index contributed by atoms with van der Waals surface area (Å²) in [6, 6.07) is 4.26. The van der Waals surface area contributed by atoms with E-state index < -0.39 is 23.3 Å². The van der Waals surface area contributed by atoms with E-state index in [1.807, 2.05) is 0 Å². The normalized spacial score (nSPS) is 12.9. The van der Waals surface area contributed by atoms with Crippen LogP contribution in [-0.4, -0.2) is 14.5 Å². The van der Waals surface area contributed by atoms with E-state index in [2.05, 4.69) is 15.3 Å². The minimum atomic E-state index is -4.50. The van der Waals surface area contributed by atoms with E-state index in [1.165, 1.54) is 30.1 Å². The summed E-state index contributed by atoms with van der Waals surface area (Å²) in [7, 11) is 1.52. The Morgan fingerprint density at radius 3 is 2.52 bits per heavy atom. The third-order valence-corrected chi connectivity index (χ3v) is 4.19. The molecule has 2 heterocycles. The van der Waals surface area contributed by atoms with Gasteiger partial charge in [-0.15, -0.1) is 0 Å². The SMILES string of the molecule is C[C@@H](Nc1ncnc2c1cc(N)c(=O)n2C)c1cc(N)cc(C(F)(F)F)c1. The second-order valence-electron chi connectivity index (χ2n) is 6.18. The van der Waals surface area contributed by atoms with Crippen LogP contribution >= 0.6 is 0 Å². The lowest BCUT2D eigenvalue weighted by Crippen LogP contribution is -2.21. The molecule has 0 aliphatic rings. The average Bonchev–Trinajstić information content (AvgIpc) is 2.59. The van der Waals surface area contributed by atoms with Gasteiger partial charge in [-0.25, -0.2) is 9.97 Å². The molecule has 142 valence electrons. The van der Waals surface area contributed by atoms with Crippen molar-refractivity contribution in [3.05, 3.63) is 52.1 Å². The molecule has 1 atom stereocenters. The fourth-order valence-corrected chi connectivity index (χ4v) is 2.79. The first-order valence-corrected chi connectivity index (χ1v) is 7.92. The van der Waals surface area contributed by atoms with Crippen molar-refractivity contribution in [2.75, 3.05) is 16.8 Å². The summed E-state index contributed by atoms with van der Waals surface area (Å²) < 4.78 is 40.4. The van der Waals surface area contributed by atoms with Gasteiger partial charge in [0.1, 0.15) is 17.8 Å². The highest BCUT2D eigenvalue weighted by atomic mass is 19.4. The maximum atomic E-state index is 13.0. The van der Waals surface area contributed by atoms with Crippen molar-refractivity contribution in [2.45, 2.75) is 19.1 Å². The van der Waals surface area contributed by atoms with Crippen molar-refractivity contribution in [1.29, 1.82) is 0 Å². The molecule has 1 aromatic carbocycles. The van der Waals surface area contributed by atoms with Crippen molar-refractivity contribution in [1.82, 2.24) is 14.5 Å². The first-order chi connectivity index (χ1) is 12.6. The smallest absolute Gasteiger partial charge is 0.399 e. The van der Waals surface area contributed by atoms with Gasteiger partial charge in [0.15, 0.2) is 0 Å². The molecule has 10 heteroatoms. The van der Waals surface area contributed by atoms with Gasteiger partial charge in [-0.2, -0.15) is 13.2 Å². The van der Waals surface area contributed by atoms with E-state index in [-0.39, 0.29) is 11.4 Å². The fraction of sp³-hybridized carbons (Fsp3) is 0.235. The number of nitrogens with zero attached hydrogens (tertiary/aromatic N) is 3. The highest BCUT2D eigenvalue weighted by Crippen LogP contribution is 2.33. The largest absolute Gasteiger partial charge is 0.416 e. The number of pyridine rings is 1.